The van der Waals surface area contributed by atoms with Crippen LogP contribution in [-0.2, 0) is 0 Å². The lowest BCUT2D eigenvalue weighted by atomic mass is 9.79. The highest BCUT2D eigenvalue weighted by atomic mass is 35.5. The summed E-state index contributed by atoms with van der Waals surface area (Å²) in [5.41, 5.74) is -0.0887. The monoisotopic (exact) mass is 298 g/mol. The van der Waals surface area contributed by atoms with Crippen molar-refractivity contribution in [1.29, 1.82) is 0 Å². The fourth-order valence-corrected chi connectivity index (χ4v) is 3.50. The third-order valence-corrected chi connectivity index (χ3v) is 4.93. The number of H-pyrrole nitrogens is 1. The van der Waals surface area contributed by atoms with Gasteiger partial charge in [-0.3, -0.25) is 14.3 Å². The van der Waals surface area contributed by atoms with Crippen molar-refractivity contribution in [3.05, 3.63) is 31.6 Å². The SMILES string of the molecule is CC(C)c1c(Cl)[nH]c(=O)n(C2CCC(C)C(C)C2)c1=O. The van der Waals surface area contributed by atoms with E-state index in [1.807, 2.05) is 13.8 Å². The minimum Gasteiger partial charge on any atom is -0.297 e. The molecule has 1 fully saturated rings. The van der Waals surface area contributed by atoms with Crippen molar-refractivity contribution in [3.8, 4) is 0 Å². The van der Waals surface area contributed by atoms with E-state index in [0.29, 0.717) is 17.4 Å². The van der Waals surface area contributed by atoms with E-state index in [-0.39, 0.29) is 28.4 Å². The van der Waals surface area contributed by atoms with Crippen molar-refractivity contribution in [1.82, 2.24) is 9.55 Å². The zero-order chi connectivity index (χ0) is 15.0. The second-order valence-corrected chi connectivity index (χ2v) is 6.79. The summed E-state index contributed by atoms with van der Waals surface area (Å²) < 4.78 is 1.39. The lowest BCUT2D eigenvalue weighted by molar-refractivity contribution is 0.203. The van der Waals surface area contributed by atoms with E-state index in [4.69, 9.17) is 11.6 Å². The molecule has 1 aliphatic carbocycles. The summed E-state index contributed by atoms with van der Waals surface area (Å²) in [6.45, 7) is 8.25. The Labute approximate surface area is 124 Å². The van der Waals surface area contributed by atoms with Gasteiger partial charge in [0.25, 0.3) is 5.56 Å². The van der Waals surface area contributed by atoms with E-state index in [1.165, 1.54) is 4.57 Å². The lowest BCUT2D eigenvalue weighted by Gasteiger charge is -2.32. The van der Waals surface area contributed by atoms with Gasteiger partial charge in [-0.05, 0) is 37.0 Å². The van der Waals surface area contributed by atoms with Crippen molar-refractivity contribution in [2.24, 2.45) is 11.8 Å². The first-order chi connectivity index (χ1) is 9.32. The van der Waals surface area contributed by atoms with Crippen LogP contribution < -0.4 is 11.2 Å². The molecule has 1 N–H and O–H groups in total. The molecule has 1 aromatic heterocycles. The van der Waals surface area contributed by atoms with E-state index < -0.39 is 0 Å². The molecule has 1 aromatic rings. The highest BCUT2D eigenvalue weighted by Crippen LogP contribution is 2.35. The van der Waals surface area contributed by atoms with Crippen LogP contribution in [0.2, 0.25) is 5.15 Å². The summed E-state index contributed by atoms with van der Waals surface area (Å²) in [6.07, 6.45) is 2.81. The Bertz CT molecular complexity index is 603. The normalized spacial score (nSPS) is 27.0. The molecule has 1 aliphatic rings. The molecule has 0 bridgehead atoms. The minimum absolute atomic E-state index is 0.00182. The highest BCUT2D eigenvalue weighted by Gasteiger charge is 2.28. The molecule has 112 valence electrons. The molecule has 1 saturated carbocycles. The van der Waals surface area contributed by atoms with Crippen LogP contribution >= 0.6 is 11.6 Å². The van der Waals surface area contributed by atoms with Crippen LogP contribution in [0.1, 0.15) is 64.5 Å². The predicted octanol–water partition coefficient (Wildman–Crippen LogP) is 3.31. The Balaban J connectivity index is 2.50. The third kappa shape index (κ3) is 2.71. The summed E-state index contributed by atoms with van der Waals surface area (Å²) in [6, 6.07) is -0.00721. The van der Waals surface area contributed by atoms with E-state index >= 15 is 0 Å². The molecular formula is C15H23ClN2O2. The molecule has 0 aliphatic heterocycles. The van der Waals surface area contributed by atoms with Crippen molar-refractivity contribution in [2.45, 2.75) is 58.9 Å². The Kier molecular flexibility index (Phi) is 4.43. The molecule has 0 aromatic carbocycles. The topological polar surface area (TPSA) is 54.9 Å². The Morgan fingerprint density at radius 2 is 1.85 bits per heavy atom. The lowest BCUT2D eigenvalue weighted by Crippen LogP contribution is -2.42. The zero-order valence-electron chi connectivity index (χ0n) is 12.6. The number of halogens is 1. The van der Waals surface area contributed by atoms with Gasteiger partial charge in [0, 0.05) is 6.04 Å². The maximum Gasteiger partial charge on any atom is 0.329 e. The summed E-state index contributed by atoms with van der Waals surface area (Å²) in [5, 5.41) is 0.184. The average Bonchev–Trinajstić information content (AvgIpc) is 2.32. The second-order valence-electron chi connectivity index (χ2n) is 6.41. The van der Waals surface area contributed by atoms with Gasteiger partial charge < -0.3 is 0 Å². The first kappa shape index (κ1) is 15.4. The summed E-state index contributed by atoms with van der Waals surface area (Å²) in [4.78, 5) is 27.4. The number of nitrogens with one attached hydrogen (secondary N) is 1. The zero-order valence-corrected chi connectivity index (χ0v) is 13.3. The van der Waals surface area contributed by atoms with Crippen LogP contribution in [0.5, 0.6) is 0 Å². The van der Waals surface area contributed by atoms with Crippen molar-refractivity contribution >= 4 is 11.6 Å². The Hall–Kier alpha value is -1.03. The Morgan fingerprint density at radius 3 is 2.40 bits per heavy atom. The smallest absolute Gasteiger partial charge is 0.297 e. The summed E-state index contributed by atoms with van der Waals surface area (Å²) >= 11 is 6.02. The quantitative estimate of drug-likeness (QED) is 0.852. The molecule has 0 spiro atoms. The number of aromatic nitrogens is 2. The van der Waals surface area contributed by atoms with Crippen LogP contribution in [-0.4, -0.2) is 9.55 Å². The predicted molar refractivity (Wildman–Crippen MR) is 81.6 cm³/mol. The minimum atomic E-state index is -0.379. The summed E-state index contributed by atoms with van der Waals surface area (Å²) in [5.74, 6) is 1.18. The molecule has 20 heavy (non-hydrogen) atoms. The summed E-state index contributed by atoms with van der Waals surface area (Å²) in [7, 11) is 0. The number of hydrogen-bond donors (Lipinski definition) is 1. The molecule has 1 heterocycles. The molecular weight excluding hydrogens is 276 g/mol. The molecule has 3 unspecified atom stereocenters. The van der Waals surface area contributed by atoms with E-state index in [2.05, 4.69) is 18.8 Å². The van der Waals surface area contributed by atoms with Crippen LogP contribution in [0.3, 0.4) is 0 Å². The van der Waals surface area contributed by atoms with Gasteiger partial charge in [-0.25, -0.2) is 4.79 Å². The van der Waals surface area contributed by atoms with Crippen LogP contribution in [0.25, 0.3) is 0 Å². The fraction of sp³-hybridized carbons (Fsp3) is 0.733. The standard InChI is InChI=1S/C15H23ClN2O2/c1-8(2)12-13(16)17-15(20)18(14(12)19)11-6-5-9(3)10(4)7-11/h8-11H,5-7H2,1-4H3,(H,17,20). The third-order valence-electron chi connectivity index (χ3n) is 4.63. The van der Waals surface area contributed by atoms with Gasteiger partial charge in [0.05, 0.1) is 5.56 Å². The number of nitrogens with zero attached hydrogens (tertiary/aromatic N) is 1. The van der Waals surface area contributed by atoms with Gasteiger partial charge in [-0.2, -0.15) is 0 Å². The molecule has 0 radical (unpaired) electrons. The Morgan fingerprint density at radius 1 is 1.20 bits per heavy atom. The molecule has 4 nitrogen and oxygen atoms in total. The second kappa shape index (κ2) is 5.76. The maximum atomic E-state index is 12.6. The molecule has 2 rings (SSSR count). The van der Waals surface area contributed by atoms with E-state index in [1.54, 1.807) is 0 Å². The van der Waals surface area contributed by atoms with Gasteiger partial charge in [0.2, 0.25) is 0 Å². The maximum absolute atomic E-state index is 12.6. The van der Waals surface area contributed by atoms with Gasteiger partial charge in [0.15, 0.2) is 0 Å². The fourth-order valence-electron chi connectivity index (χ4n) is 3.12. The molecule has 0 amide bonds. The van der Waals surface area contributed by atoms with Crippen molar-refractivity contribution in [2.75, 3.05) is 0 Å². The first-order valence-electron chi connectivity index (χ1n) is 7.37. The van der Waals surface area contributed by atoms with E-state index in [0.717, 1.165) is 19.3 Å². The molecule has 5 heteroatoms. The highest BCUT2D eigenvalue weighted by molar-refractivity contribution is 6.30. The van der Waals surface area contributed by atoms with Gasteiger partial charge in [-0.1, -0.05) is 39.3 Å². The van der Waals surface area contributed by atoms with Gasteiger partial charge >= 0.3 is 5.69 Å². The van der Waals surface area contributed by atoms with Crippen molar-refractivity contribution < 1.29 is 0 Å². The van der Waals surface area contributed by atoms with Crippen LogP contribution in [0.15, 0.2) is 9.59 Å². The molecule has 0 saturated heterocycles. The number of rotatable bonds is 2. The first-order valence-corrected chi connectivity index (χ1v) is 7.75. The van der Waals surface area contributed by atoms with Gasteiger partial charge in [0.1, 0.15) is 5.15 Å². The van der Waals surface area contributed by atoms with E-state index in [9.17, 15) is 9.59 Å². The van der Waals surface area contributed by atoms with Crippen LogP contribution in [0, 0.1) is 11.8 Å². The molecule has 3 atom stereocenters. The number of hydrogen-bond acceptors (Lipinski definition) is 2. The van der Waals surface area contributed by atoms with Crippen LogP contribution in [0.4, 0.5) is 0 Å². The largest absolute Gasteiger partial charge is 0.329 e. The average molecular weight is 299 g/mol. The number of aromatic amines is 1. The van der Waals surface area contributed by atoms with Crippen molar-refractivity contribution in [3.63, 3.8) is 0 Å². The van der Waals surface area contributed by atoms with Gasteiger partial charge in [-0.15, -0.1) is 0 Å².